The molecule has 0 amide bonds. The molecule has 3 aliphatic rings. The van der Waals surface area contributed by atoms with E-state index < -0.39 is 0 Å². The van der Waals surface area contributed by atoms with Crippen molar-refractivity contribution >= 4 is 7.85 Å². The third-order valence-corrected chi connectivity index (χ3v) is 4.83. The lowest BCUT2D eigenvalue weighted by molar-refractivity contribution is 0.270. The first-order valence-electron chi connectivity index (χ1n) is 5.75. The number of fused-ring (bicyclic) bond motifs is 2. The van der Waals surface area contributed by atoms with Gasteiger partial charge in [0.05, 0.1) is 0 Å². The van der Waals surface area contributed by atoms with Crippen LogP contribution in [0.2, 0.25) is 5.31 Å². The molecular weight excluding hydrogens is 143 g/mol. The zero-order valence-electron chi connectivity index (χ0n) is 8.18. The smallest absolute Gasteiger partial charge is 0.0579 e. The highest BCUT2D eigenvalue weighted by atomic mass is 14.5. The maximum atomic E-state index is 2.56. The molecule has 0 aliphatic heterocycles. The molecule has 66 valence electrons. The quantitative estimate of drug-likeness (QED) is 0.480. The van der Waals surface area contributed by atoms with Crippen molar-refractivity contribution in [2.75, 3.05) is 0 Å². The minimum absolute atomic E-state index is 0.777. The Bertz CT molecular complexity index is 201. The Morgan fingerprint density at radius 2 is 1.92 bits per heavy atom. The zero-order chi connectivity index (χ0) is 8.18. The summed E-state index contributed by atoms with van der Waals surface area (Å²) >= 11 is 0. The van der Waals surface area contributed by atoms with Gasteiger partial charge in [-0.05, 0) is 30.6 Å². The minimum atomic E-state index is 0.777. The van der Waals surface area contributed by atoms with Gasteiger partial charge in [0.15, 0.2) is 0 Å². The highest BCUT2D eigenvalue weighted by Gasteiger charge is 2.46. The summed E-state index contributed by atoms with van der Waals surface area (Å²) < 4.78 is 0. The molecule has 3 saturated carbocycles. The van der Waals surface area contributed by atoms with Crippen LogP contribution in [0.15, 0.2) is 0 Å². The van der Waals surface area contributed by atoms with Crippen LogP contribution in [0.25, 0.3) is 0 Å². The lowest BCUT2D eigenvalue weighted by atomic mass is 9.56. The largest absolute Gasteiger partial charge is 0.109 e. The highest BCUT2D eigenvalue weighted by molar-refractivity contribution is 6.15. The lowest BCUT2D eigenvalue weighted by Crippen LogP contribution is -2.22. The molecule has 0 aromatic carbocycles. The summed E-state index contributed by atoms with van der Waals surface area (Å²) in [6.45, 7) is 0. The van der Waals surface area contributed by atoms with Gasteiger partial charge in [0.25, 0.3) is 0 Å². The molecule has 3 rings (SSSR count). The van der Waals surface area contributed by atoms with E-state index in [1.54, 1.807) is 32.1 Å². The average Bonchev–Trinajstić information content (AvgIpc) is 2.20. The summed E-state index contributed by atoms with van der Waals surface area (Å²) in [7, 11) is 2.56. The maximum Gasteiger partial charge on any atom is 0.109 e. The summed E-state index contributed by atoms with van der Waals surface area (Å²) in [6, 6.07) is 0. The predicted molar refractivity (Wildman–Crippen MR) is 54.0 cm³/mol. The van der Waals surface area contributed by atoms with E-state index in [2.05, 4.69) is 7.85 Å². The van der Waals surface area contributed by atoms with Gasteiger partial charge in [0, 0.05) is 0 Å². The summed E-state index contributed by atoms with van der Waals surface area (Å²) in [4.78, 5) is 0. The van der Waals surface area contributed by atoms with E-state index in [4.69, 9.17) is 0 Å². The Morgan fingerprint density at radius 1 is 1.08 bits per heavy atom. The molecule has 12 heavy (non-hydrogen) atoms. The minimum Gasteiger partial charge on any atom is -0.0579 e. The number of hydrogen-bond donors (Lipinski definition) is 0. The van der Waals surface area contributed by atoms with Crippen molar-refractivity contribution < 1.29 is 0 Å². The molecule has 0 radical (unpaired) electrons. The Hall–Kier alpha value is 0.0649. The molecule has 3 fully saturated rings. The van der Waals surface area contributed by atoms with Crippen LogP contribution in [0, 0.1) is 17.8 Å². The Labute approximate surface area is 76.5 Å². The third-order valence-electron chi connectivity index (χ3n) is 4.83. The fourth-order valence-corrected chi connectivity index (χ4v) is 4.52. The Morgan fingerprint density at radius 3 is 2.83 bits per heavy atom. The topological polar surface area (TPSA) is 0 Å². The zero-order valence-corrected chi connectivity index (χ0v) is 8.18. The van der Waals surface area contributed by atoms with Gasteiger partial charge < -0.3 is 0 Å². The van der Waals surface area contributed by atoms with E-state index in [1.807, 2.05) is 0 Å². The average molecular weight is 162 g/mol. The van der Waals surface area contributed by atoms with Gasteiger partial charge in [-0.3, -0.25) is 0 Å². The second-order valence-electron chi connectivity index (χ2n) is 5.97. The van der Waals surface area contributed by atoms with E-state index in [-0.39, 0.29) is 0 Å². The van der Waals surface area contributed by atoms with Gasteiger partial charge in [0.2, 0.25) is 0 Å². The molecule has 0 spiro atoms. The number of rotatable bonds is 0. The van der Waals surface area contributed by atoms with Crippen LogP contribution in [0.5, 0.6) is 0 Å². The van der Waals surface area contributed by atoms with E-state index in [0.717, 1.165) is 23.1 Å². The fourth-order valence-electron chi connectivity index (χ4n) is 4.52. The van der Waals surface area contributed by atoms with Crippen LogP contribution in [0.4, 0.5) is 0 Å². The van der Waals surface area contributed by atoms with Crippen molar-refractivity contribution in [1.29, 1.82) is 0 Å². The van der Waals surface area contributed by atoms with Crippen molar-refractivity contribution in [2.45, 2.75) is 50.3 Å². The second-order valence-corrected chi connectivity index (χ2v) is 5.97. The molecule has 0 aromatic rings. The summed E-state index contributed by atoms with van der Waals surface area (Å²) in [5.74, 6) is 3.44. The highest BCUT2D eigenvalue weighted by Crippen LogP contribution is 2.60. The molecule has 4 unspecified atom stereocenters. The molecule has 4 atom stereocenters. The van der Waals surface area contributed by atoms with Crippen LogP contribution in [0.3, 0.4) is 0 Å². The summed E-state index contributed by atoms with van der Waals surface area (Å²) in [6.07, 6.45) is 11.0. The SMILES string of the molecule is BC12CCCC3CC(CC3C1)C2. The first-order valence-corrected chi connectivity index (χ1v) is 5.75. The van der Waals surface area contributed by atoms with Crippen LogP contribution >= 0.6 is 0 Å². The van der Waals surface area contributed by atoms with Gasteiger partial charge in [-0.25, -0.2) is 0 Å². The molecule has 0 saturated heterocycles. The Balaban J connectivity index is 1.94. The first-order chi connectivity index (χ1) is 5.75. The van der Waals surface area contributed by atoms with Crippen LogP contribution in [0.1, 0.15) is 44.9 Å². The monoisotopic (exact) mass is 162 g/mol. The molecule has 0 heterocycles. The maximum absolute atomic E-state index is 2.56. The molecule has 1 heteroatoms. The molecule has 3 aliphatic carbocycles. The lowest BCUT2D eigenvalue weighted by Gasteiger charge is -2.37. The van der Waals surface area contributed by atoms with Crippen molar-refractivity contribution in [3.8, 4) is 0 Å². The van der Waals surface area contributed by atoms with E-state index in [1.165, 1.54) is 12.8 Å². The Kier molecular flexibility index (Phi) is 1.43. The summed E-state index contributed by atoms with van der Waals surface area (Å²) in [5, 5.41) is 0.777. The third kappa shape index (κ3) is 0.979. The van der Waals surface area contributed by atoms with Gasteiger partial charge in [-0.2, -0.15) is 0 Å². The van der Waals surface area contributed by atoms with Crippen LogP contribution in [-0.2, 0) is 0 Å². The number of hydrogen-bond acceptors (Lipinski definition) is 0. The molecule has 3 bridgehead atoms. The van der Waals surface area contributed by atoms with E-state index in [0.29, 0.717) is 0 Å². The van der Waals surface area contributed by atoms with Crippen LogP contribution < -0.4 is 0 Å². The van der Waals surface area contributed by atoms with Crippen molar-refractivity contribution in [1.82, 2.24) is 0 Å². The van der Waals surface area contributed by atoms with Crippen molar-refractivity contribution in [3.05, 3.63) is 0 Å². The molecule has 0 nitrogen and oxygen atoms in total. The standard InChI is InChI=1S/C11H19B/c12-11-3-1-2-9-4-8(6-11)5-10(9)7-11/h8-10H,1-7,12H2. The first kappa shape index (κ1) is 7.47. The summed E-state index contributed by atoms with van der Waals surface area (Å²) in [5.41, 5.74) is 0. The van der Waals surface area contributed by atoms with Gasteiger partial charge in [0.1, 0.15) is 7.85 Å². The normalized spacial score (nSPS) is 57.2. The fraction of sp³-hybridized carbons (Fsp3) is 1.00. The van der Waals surface area contributed by atoms with Gasteiger partial charge in [-0.15, -0.1) is 0 Å². The van der Waals surface area contributed by atoms with Crippen LogP contribution in [-0.4, -0.2) is 7.85 Å². The molecule has 0 aromatic heterocycles. The van der Waals surface area contributed by atoms with E-state index >= 15 is 0 Å². The van der Waals surface area contributed by atoms with Crippen molar-refractivity contribution in [2.24, 2.45) is 17.8 Å². The van der Waals surface area contributed by atoms with Gasteiger partial charge in [-0.1, -0.05) is 37.4 Å². The molecule has 0 N–H and O–H groups in total. The van der Waals surface area contributed by atoms with Crippen molar-refractivity contribution in [3.63, 3.8) is 0 Å². The van der Waals surface area contributed by atoms with Gasteiger partial charge >= 0.3 is 0 Å². The molecular formula is C11H19B. The second kappa shape index (κ2) is 2.30. The van der Waals surface area contributed by atoms with E-state index in [9.17, 15) is 0 Å². The predicted octanol–water partition coefficient (Wildman–Crippen LogP) is 2.40.